The maximum Gasteiger partial charge on any atom is 0.333 e. The van der Waals surface area contributed by atoms with Gasteiger partial charge in [0, 0.05) is 25.6 Å². The van der Waals surface area contributed by atoms with Crippen molar-refractivity contribution in [1.82, 2.24) is 9.13 Å². The first-order chi connectivity index (χ1) is 13.5. The van der Waals surface area contributed by atoms with Gasteiger partial charge in [0.1, 0.15) is 11.5 Å². The molecule has 6 heteroatoms. The molecule has 0 unspecified atom stereocenters. The first-order valence-electron chi connectivity index (χ1n) is 8.90. The largest absolute Gasteiger partial charge is 0.497 e. The highest BCUT2D eigenvalue weighted by molar-refractivity contribution is 5.67. The second kappa shape index (κ2) is 6.88. The topological polar surface area (TPSA) is 62.5 Å². The van der Waals surface area contributed by atoms with Crippen molar-refractivity contribution in [2.24, 2.45) is 14.1 Å². The number of hydrogen-bond donors (Lipinski definition) is 0. The number of methoxy groups -OCH3 is 1. The van der Waals surface area contributed by atoms with Gasteiger partial charge in [-0.25, -0.2) is 4.79 Å². The zero-order valence-electron chi connectivity index (χ0n) is 15.9. The molecule has 1 aliphatic rings. The van der Waals surface area contributed by atoms with Crippen LogP contribution in [0.25, 0.3) is 5.76 Å². The fraction of sp³-hybridized carbons (Fsp3) is 0.182. The van der Waals surface area contributed by atoms with Crippen LogP contribution in [0.1, 0.15) is 22.6 Å². The highest BCUT2D eigenvalue weighted by atomic mass is 16.5. The summed E-state index contributed by atoms with van der Waals surface area (Å²) in [5.41, 5.74) is 1.39. The molecule has 0 aliphatic carbocycles. The van der Waals surface area contributed by atoms with Crippen LogP contribution in [0, 0.1) is 0 Å². The van der Waals surface area contributed by atoms with E-state index >= 15 is 0 Å². The zero-order chi connectivity index (χ0) is 19.8. The summed E-state index contributed by atoms with van der Waals surface area (Å²) in [6.45, 7) is 0. The van der Waals surface area contributed by atoms with Crippen molar-refractivity contribution in [1.29, 1.82) is 0 Å². The average molecular weight is 376 g/mol. The van der Waals surface area contributed by atoms with Gasteiger partial charge in [-0.2, -0.15) is 0 Å². The fourth-order valence-electron chi connectivity index (χ4n) is 3.47. The highest BCUT2D eigenvalue weighted by Crippen LogP contribution is 2.39. The number of benzene rings is 2. The van der Waals surface area contributed by atoms with E-state index < -0.39 is 5.69 Å². The maximum atomic E-state index is 13.0. The lowest BCUT2D eigenvalue weighted by Crippen LogP contribution is -2.41. The van der Waals surface area contributed by atoms with Gasteiger partial charge in [-0.15, -0.1) is 0 Å². The molecule has 3 aromatic rings. The lowest BCUT2D eigenvalue weighted by Gasteiger charge is -2.26. The Kier molecular flexibility index (Phi) is 4.39. The third-order valence-corrected chi connectivity index (χ3v) is 4.99. The standard InChI is InChI=1S/C22H20N2O4/c1-23-20(25)19-17(15-10-7-11-16(12-15)27-3)13-18(14-8-5-4-6-9-14)28-21(19)24(2)22(23)26/h4-13,17H,1-3H3/t17-/m1/s1. The Morgan fingerprint density at radius 2 is 1.71 bits per heavy atom. The molecule has 0 saturated heterocycles. The first kappa shape index (κ1) is 17.9. The van der Waals surface area contributed by atoms with Crippen molar-refractivity contribution in [3.05, 3.63) is 98.2 Å². The monoisotopic (exact) mass is 376 g/mol. The zero-order valence-corrected chi connectivity index (χ0v) is 15.9. The Labute approximate surface area is 161 Å². The first-order valence-corrected chi connectivity index (χ1v) is 8.90. The van der Waals surface area contributed by atoms with E-state index in [1.54, 1.807) is 14.2 Å². The predicted octanol–water partition coefficient (Wildman–Crippen LogP) is 2.66. The van der Waals surface area contributed by atoms with Crippen LogP contribution in [-0.4, -0.2) is 16.2 Å². The summed E-state index contributed by atoms with van der Waals surface area (Å²) in [6, 6.07) is 17.2. The van der Waals surface area contributed by atoms with Crippen molar-refractivity contribution in [2.45, 2.75) is 5.92 Å². The van der Waals surface area contributed by atoms with Gasteiger partial charge in [-0.05, 0) is 23.8 Å². The molecule has 0 radical (unpaired) electrons. The second-order valence-corrected chi connectivity index (χ2v) is 6.68. The van der Waals surface area contributed by atoms with Crippen LogP contribution in [0.2, 0.25) is 0 Å². The third kappa shape index (κ3) is 2.83. The molecule has 0 fully saturated rings. The maximum absolute atomic E-state index is 13.0. The summed E-state index contributed by atoms with van der Waals surface area (Å²) in [4.78, 5) is 25.4. The van der Waals surface area contributed by atoms with Crippen molar-refractivity contribution in [2.75, 3.05) is 7.11 Å². The number of ether oxygens (including phenoxy) is 2. The molecular weight excluding hydrogens is 356 g/mol. The molecule has 0 N–H and O–H groups in total. The number of rotatable bonds is 3. The van der Waals surface area contributed by atoms with Crippen LogP contribution < -0.4 is 20.7 Å². The van der Waals surface area contributed by atoms with Gasteiger partial charge in [-0.1, -0.05) is 42.5 Å². The number of allylic oxidation sites excluding steroid dienone is 1. The molecule has 0 bridgehead atoms. The minimum absolute atomic E-state index is 0.266. The van der Waals surface area contributed by atoms with Crippen molar-refractivity contribution >= 4 is 5.76 Å². The van der Waals surface area contributed by atoms with E-state index in [4.69, 9.17) is 9.47 Å². The van der Waals surface area contributed by atoms with E-state index in [-0.39, 0.29) is 17.4 Å². The quantitative estimate of drug-likeness (QED) is 0.705. The van der Waals surface area contributed by atoms with E-state index in [0.29, 0.717) is 17.1 Å². The Morgan fingerprint density at radius 1 is 0.964 bits per heavy atom. The van der Waals surface area contributed by atoms with Gasteiger partial charge in [-0.3, -0.25) is 13.9 Å². The molecule has 0 spiro atoms. The van der Waals surface area contributed by atoms with Crippen molar-refractivity contribution in [3.8, 4) is 11.6 Å². The second-order valence-electron chi connectivity index (χ2n) is 6.68. The lowest BCUT2D eigenvalue weighted by molar-refractivity contribution is 0.413. The SMILES string of the molecule is COc1cccc([C@H]2C=C(c3ccccc3)Oc3c2c(=O)n(C)c(=O)n3C)c1. The molecule has 1 aliphatic heterocycles. The summed E-state index contributed by atoms with van der Waals surface area (Å²) in [5.74, 6) is 1.19. The smallest absolute Gasteiger partial charge is 0.333 e. The number of fused-ring (bicyclic) bond motifs is 1. The third-order valence-electron chi connectivity index (χ3n) is 4.99. The van der Waals surface area contributed by atoms with E-state index in [9.17, 15) is 9.59 Å². The average Bonchev–Trinajstić information content (AvgIpc) is 2.76. The van der Waals surface area contributed by atoms with Gasteiger partial charge in [0.15, 0.2) is 0 Å². The number of nitrogens with zero attached hydrogens (tertiary/aromatic N) is 2. The fourth-order valence-corrected chi connectivity index (χ4v) is 3.47. The molecule has 1 aromatic heterocycles. The number of aromatic nitrogens is 2. The molecule has 0 saturated carbocycles. The number of hydrogen-bond acceptors (Lipinski definition) is 4. The predicted molar refractivity (Wildman–Crippen MR) is 107 cm³/mol. The van der Waals surface area contributed by atoms with Crippen molar-refractivity contribution < 1.29 is 9.47 Å². The molecule has 0 amide bonds. The van der Waals surface area contributed by atoms with Crippen LogP contribution in [0.3, 0.4) is 0 Å². The van der Waals surface area contributed by atoms with Crippen molar-refractivity contribution in [3.63, 3.8) is 0 Å². The van der Waals surface area contributed by atoms with Crippen LogP contribution in [0.15, 0.2) is 70.3 Å². The lowest BCUT2D eigenvalue weighted by atomic mass is 9.89. The van der Waals surface area contributed by atoms with Crippen LogP contribution in [-0.2, 0) is 14.1 Å². The minimum atomic E-state index is -0.428. The molecular formula is C22H20N2O4. The van der Waals surface area contributed by atoms with E-state index in [2.05, 4.69) is 0 Å². The Bertz CT molecular complexity index is 1190. The van der Waals surface area contributed by atoms with Gasteiger partial charge < -0.3 is 9.47 Å². The molecule has 2 aromatic carbocycles. The molecule has 1 atom stereocenters. The normalized spacial score (nSPS) is 15.4. The Morgan fingerprint density at radius 3 is 2.43 bits per heavy atom. The van der Waals surface area contributed by atoms with E-state index in [1.807, 2.05) is 60.7 Å². The highest BCUT2D eigenvalue weighted by Gasteiger charge is 2.31. The van der Waals surface area contributed by atoms with Gasteiger partial charge in [0.2, 0.25) is 5.88 Å². The summed E-state index contributed by atoms with van der Waals surface area (Å²) >= 11 is 0. The van der Waals surface area contributed by atoms with Crippen LogP contribution in [0.5, 0.6) is 11.6 Å². The molecule has 142 valence electrons. The minimum Gasteiger partial charge on any atom is -0.497 e. The van der Waals surface area contributed by atoms with Gasteiger partial charge in [0.05, 0.1) is 12.7 Å². The van der Waals surface area contributed by atoms with E-state index in [1.165, 1.54) is 11.6 Å². The van der Waals surface area contributed by atoms with E-state index in [0.717, 1.165) is 15.7 Å². The summed E-state index contributed by atoms with van der Waals surface area (Å²) < 4.78 is 13.9. The van der Waals surface area contributed by atoms with Crippen LogP contribution in [0.4, 0.5) is 0 Å². The summed E-state index contributed by atoms with van der Waals surface area (Å²) in [6.07, 6.45) is 1.91. The van der Waals surface area contributed by atoms with Gasteiger partial charge in [0.25, 0.3) is 5.56 Å². The molecule has 6 nitrogen and oxygen atoms in total. The summed E-state index contributed by atoms with van der Waals surface area (Å²) in [5, 5.41) is 0. The Balaban J connectivity index is 2.00. The molecule has 4 rings (SSSR count). The van der Waals surface area contributed by atoms with Gasteiger partial charge >= 0.3 is 5.69 Å². The molecule has 2 heterocycles. The summed E-state index contributed by atoms with van der Waals surface area (Å²) in [7, 11) is 4.69. The Hall–Kier alpha value is -3.54. The molecule has 28 heavy (non-hydrogen) atoms. The van der Waals surface area contributed by atoms with Crippen LogP contribution >= 0.6 is 0 Å².